The number of carbonyl (C=O) groups is 1. The Morgan fingerprint density at radius 3 is 2.74 bits per heavy atom. The molecule has 19 heavy (non-hydrogen) atoms. The number of piperidine rings is 1. The van der Waals surface area contributed by atoms with Crippen molar-refractivity contribution in [1.29, 1.82) is 0 Å². The predicted octanol–water partition coefficient (Wildman–Crippen LogP) is 2.14. The normalized spacial score (nSPS) is 23.2. The molecule has 2 unspecified atom stereocenters. The van der Waals surface area contributed by atoms with E-state index in [2.05, 4.69) is 28.7 Å². The lowest BCUT2D eigenvalue weighted by Gasteiger charge is -2.34. The van der Waals surface area contributed by atoms with Gasteiger partial charge in [0, 0.05) is 19.3 Å². The Kier molecular flexibility index (Phi) is 4.35. The Balaban J connectivity index is 2.16. The lowest BCUT2D eigenvalue weighted by atomic mass is 9.92. The molecule has 1 aromatic rings. The van der Waals surface area contributed by atoms with E-state index in [-0.39, 0.29) is 5.97 Å². The van der Waals surface area contributed by atoms with Crippen molar-refractivity contribution in [2.75, 3.05) is 24.6 Å². The fraction of sp³-hybridized carbons (Fsp3) is 0.643. The largest absolute Gasteiger partial charge is 0.461 e. The zero-order valence-electron chi connectivity index (χ0n) is 11.8. The van der Waals surface area contributed by atoms with Gasteiger partial charge in [-0.2, -0.15) is 0 Å². The van der Waals surface area contributed by atoms with Gasteiger partial charge < -0.3 is 9.64 Å². The maximum absolute atomic E-state index is 11.7. The van der Waals surface area contributed by atoms with Crippen molar-refractivity contribution in [2.45, 2.75) is 27.2 Å². The van der Waals surface area contributed by atoms with Crippen LogP contribution in [0, 0.1) is 11.8 Å². The van der Waals surface area contributed by atoms with Gasteiger partial charge in [0.2, 0.25) is 5.95 Å². The summed E-state index contributed by atoms with van der Waals surface area (Å²) in [6.07, 6.45) is 2.85. The number of carbonyl (C=O) groups excluding carboxylic acids is 1. The van der Waals surface area contributed by atoms with Gasteiger partial charge in [-0.15, -0.1) is 0 Å². The van der Waals surface area contributed by atoms with E-state index in [0.717, 1.165) is 13.1 Å². The van der Waals surface area contributed by atoms with E-state index in [4.69, 9.17) is 4.74 Å². The minimum absolute atomic E-state index is 0.331. The zero-order chi connectivity index (χ0) is 13.8. The molecule has 1 aromatic heterocycles. The molecule has 0 radical (unpaired) electrons. The first kappa shape index (κ1) is 13.8. The number of ether oxygens (including phenoxy) is 1. The minimum Gasteiger partial charge on any atom is -0.461 e. The molecule has 5 nitrogen and oxygen atoms in total. The summed E-state index contributed by atoms with van der Waals surface area (Å²) < 4.78 is 4.96. The molecule has 104 valence electrons. The molecule has 1 aliphatic heterocycles. The van der Waals surface area contributed by atoms with Crippen LogP contribution in [0.2, 0.25) is 0 Å². The second-order valence-electron chi connectivity index (χ2n) is 5.31. The third-order valence-corrected chi connectivity index (χ3v) is 3.28. The highest BCUT2D eigenvalue weighted by Gasteiger charge is 2.24. The Morgan fingerprint density at radius 1 is 1.42 bits per heavy atom. The smallest absolute Gasteiger partial charge is 0.357 e. The summed E-state index contributed by atoms with van der Waals surface area (Å²) in [5.41, 5.74) is 0.331. The van der Waals surface area contributed by atoms with Crippen LogP contribution in [-0.2, 0) is 4.74 Å². The van der Waals surface area contributed by atoms with Crippen molar-refractivity contribution in [3.05, 3.63) is 18.0 Å². The molecule has 1 saturated heterocycles. The van der Waals surface area contributed by atoms with Crippen LogP contribution in [0.3, 0.4) is 0 Å². The van der Waals surface area contributed by atoms with Crippen molar-refractivity contribution in [2.24, 2.45) is 11.8 Å². The molecular weight excluding hydrogens is 242 g/mol. The summed E-state index contributed by atoms with van der Waals surface area (Å²) in [6.45, 7) is 8.49. The summed E-state index contributed by atoms with van der Waals surface area (Å²) in [6, 6.07) is 1.60. The van der Waals surface area contributed by atoms with Gasteiger partial charge in [-0.05, 0) is 31.2 Å². The first-order valence-electron chi connectivity index (χ1n) is 6.85. The molecule has 2 heterocycles. The molecular formula is C14H21N3O2. The van der Waals surface area contributed by atoms with Gasteiger partial charge in [-0.3, -0.25) is 0 Å². The number of nitrogens with zero attached hydrogens (tertiary/aromatic N) is 3. The Hall–Kier alpha value is -1.65. The van der Waals surface area contributed by atoms with Crippen molar-refractivity contribution in [3.63, 3.8) is 0 Å². The summed E-state index contributed by atoms with van der Waals surface area (Å²) in [4.78, 5) is 22.4. The molecule has 1 aliphatic rings. The van der Waals surface area contributed by atoms with Crippen molar-refractivity contribution >= 4 is 11.9 Å². The molecule has 0 aromatic carbocycles. The van der Waals surface area contributed by atoms with E-state index in [0.29, 0.717) is 30.1 Å². The van der Waals surface area contributed by atoms with E-state index in [1.54, 1.807) is 19.2 Å². The Bertz CT molecular complexity index is 440. The summed E-state index contributed by atoms with van der Waals surface area (Å²) in [7, 11) is 0. The first-order valence-corrected chi connectivity index (χ1v) is 6.85. The van der Waals surface area contributed by atoms with Gasteiger partial charge in [0.25, 0.3) is 0 Å². The van der Waals surface area contributed by atoms with Gasteiger partial charge in [0.05, 0.1) is 6.61 Å². The average Bonchev–Trinajstić information content (AvgIpc) is 2.38. The predicted molar refractivity (Wildman–Crippen MR) is 73.1 cm³/mol. The van der Waals surface area contributed by atoms with E-state index < -0.39 is 0 Å². The van der Waals surface area contributed by atoms with Gasteiger partial charge >= 0.3 is 5.97 Å². The van der Waals surface area contributed by atoms with Crippen LogP contribution in [0.25, 0.3) is 0 Å². The fourth-order valence-corrected chi connectivity index (χ4v) is 2.65. The SMILES string of the molecule is CCOC(=O)c1ccnc(N2CC(C)CC(C)C2)n1. The fourth-order valence-electron chi connectivity index (χ4n) is 2.65. The topological polar surface area (TPSA) is 55.3 Å². The molecule has 0 bridgehead atoms. The monoisotopic (exact) mass is 263 g/mol. The van der Waals surface area contributed by atoms with Crippen LogP contribution in [0.4, 0.5) is 5.95 Å². The lowest BCUT2D eigenvalue weighted by Crippen LogP contribution is -2.39. The highest BCUT2D eigenvalue weighted by atomic mass is 16.5. The van der Waals surface area contributed by atoms with Gasteiger partial charge in [0.15, 0.2) is 5.69 Å². The number of aromatic nitrogens is 2. The highest BCUT2D eigenvalue weighted by Crippen LogP contribution is 2.23. The number of hydrogen-bond donors (Lipinski definition) is 0. The van der Waals surface area contributed by atoms with Crippen LogP contribution in [-0.4, -0.2) is 35.6 Å². The molecule has 0 N–H and O–H groups in total. The maximum atomic E-state index is 11.7. The quantitative estimate of drug-likeness (QED) is 0.782. The van der Waals surface area contributed by atoms with Crippen LogP contribution in [0.5, 0.6) is 0 Å². The molecule has 0 spiro atoms. The molecule has 0 aliphatic carbocycles. The van der Waals surface area contributed by atoms with Gasteiger partial charge in [-0.25, -0.2) is 14.8 Å². The summed E-state index contributed by atoms with van der Waals surface area (Å²) >= 11 is 0. The maximum Gasteiger partial charge on any atom is 0.357 e. The third kappa shape index (κ3) is 3.43. The van der Waals surface area contributed by atoms with Crippen molar-refractivity contribution in [1.82, 2.24) is 9.97 Å². The number of hydrogen-bond acceptors (Lipinski definition) is 5. The van der Waals surface area contributed by atoms with E-state index in [1.165, 1.54) is 6.42 Å². The Labute approximate surface area is 114 Å². The third-order valence-electron chi connectivity index (χ3n) is 3.28. The molecule has 1 fully saturated rings. The van der Waals surface area contributed by atoms with Crippen LogP contribution in [0.15, 0.2) is 12.3 Å². The Morgan fingerprint density at radius 2 is 2.11 bits per heavy atom. The second kappa shape index (κ2) is 5.99. The summed E-state index contributed by atoms with van der Waals surface area (Å²) in [5.74, 6) is 1.49. The van der Waals surface area contributed by atoms with E-state index in [9.17, 15) is 4.79 Å². The van der Waals surface area contributed by atoms with Gasteiger partial charge in [0.1, 0.15) is 0 Å². The van der Waals surface area contributed by atoms with Crippen LogP contribution < -0.4 is 4.90 Å². The van der Waals surface area contributed by atoms with Crippen molar-refractivity contribution < 1.29 is 9.53 Å². The second-order valence-corrected chi connectivity index (χ2v) is 5.31. The van der Waals surface area contributed by atoms with Crippen LogP contribution in [0.1, 0.15) is 37.7 Å². The molecule has 2 rings (SSSR count). The standard InChI is InChI=1S/C14H21N3O2/c1-4-19-13(18)12-5-6-15-14(16-12)17-8-10(2)7-11(3)9-17/h5-6,10-11H,4,7-9H2,1-3H3. The molecule has 5 heteroatoms. The van der Waals surface area contributed by atoms with Gasteiger partial charge in [-0.1, -0.05) is 13.8 Å². The average molecular weight is 263 g/mol. The molecule has 0 saturated carbocycles. The molecule has 0 amide bonds. The lowest BCUT2D eigenvalue weighted by molar-refractivity contribution is 0.0519. The first-order chi connectivity index (χ1) is 9.10. The number of esters is 1. The zero-order valence-corrected chi connectivity index (χ0v) is 11.8. The molecule has 2 atom stereocenters. The van der Waals surface area contributed by atoms with Crippen LogP contribution >= 0.6 is 0 Å². The number of anilines is 1. The number of rotatable bonds is 3. The van der Waals surface area contributed by atoms with Crippen molar-refractivity contribution in [3.8, 4) is 0 Å². The highest BCUT2D eigenvalue weighted by molar-refractivity contribution is 5.87. The van der Waals surface area contributed by atoms with E-state index in [1.807, 2.05) is 0 Å². The minimum atomic E-state index is -0.385. The summed E-state index contributed by atoms with van der Waals surface area (Å²) in [5, 5.41) is 0. The van der Waals surface area contributed by atoms with E-state index >= 15 is 0 Å².